The van der Waals surface area contributed by atoms with Gasteiger partial charge in [0.1, 0.15) is 158 Å². The molecular weight excluding hydrogens is 1480 g/mol. The van der Waals surface area contributed by atoms with Crippen molar-refractivity contribution in [3.8, 4) is 0 Å². The minimum absolute atomic E-state index is 0.0197. The van der Waals surface area contributed by atoms with Crippen molar-refractivity contribution < 1.29 is 188 Å². The van der Waals surface area contributed by atoms with Gasteiger partial charge in [0, 0.05) is 0 Å². The first-order chi connectivity index (χ1) is 52.1. The van der Waals surface area contributed by atoms with Crippen LogP contribution in [0.3, 0.4) is 0 Å². The number of hydrogen-bond donors (Lipinski definition) is 21. The molecule has 0 spiro atoms. The molecule has 21 N–H and O–H groups in total. The highest BCUT2D eigenvalue weighted by atomic mass is 16.8. The van der Waals surface area contributed by atoms with Crippen LogP contribution >= 0.6 is 0 Å². The standard InChI is InChI=1S/C73H118O38/c1-26-54(106-62-53(94)55(33(79)24-99-62)107-59-48(89)40(81)29(75)20-96-59)52(93)58(109-61-50(91)42(83)31(77)22-98-61)65(102-26)110-57-47(88)44(85)34(19-74)103-66(57)111-67(95)73-16-15-68(2,3)17-28(73)27-9-10-37-70(6)13-12-39(69(4,5)36(70)11-14-71(37,7)72(27,8)18-38(73)80)105-63-51(92)46(87)45(86)35(104-63)25-101-64-56(43(84)32(78)23-100-64)108-60-49(90)41(82)30(76)21-97-60/h9,26,28-66,74-94H,10-25H2,1-8H3/t26-,28+,29+,30+,31+,32-,33+,34+,35+,36+,37+,38+,39-,40-,41-,42-,43-,44+,45+,46-,47-,48+,49+,50+,51+,52+,53+,54-,55-,56+,57+,58+,59-,60-,61-,62-,63-,64-,65-,66-,70-,71+,72+,73+/m0/s1. The average molecular weight is 1600 g/mol. The number of allylic oxidation sites excluding steroid dienone is 2. The average Bonchev–Trinajstić information content (AvgIpc) is 0.670. The number of carbonyl (C=O) groups is 1. The molecule has 0 aromatic heterocycles. The Kier molecular flexibility index (Phi) is 25.8. The third-order valence-electron chi connectivity index (χ3n) is 27.9. The Bertz CT molecular complexity index is 3180. The molecule has 638 valence electrons. The maximum absolute atomic E-state index is 16.0. The molecule has 0 amide bonds. The van der Waals surface area contributed by atoms with E-state index in [9.17, 15) is 107 Å². The first-order valence-corrected chi connectivity index (χ1v) is 38.9. The van der Waals surface area contributed by atoms with Crippen LogP contribution in [0.25, 0.3) is 0 Å². The molecule has 0 aromatic carbocycles. The molecule has 0 radical (unpaired) electrons. The van der Waals surface area contributed by atoms with Gasteiger partial charge in [-0.15, -0.1) is 0 Å². The van der Waals surface area contributed by atoms with Crippen LogP contribution in [0, 0.1) is 50.2 Å². The highest BCUT2D eigenvalue weighted by Crippen LogP contribution is 2.76. The highest BCUT2D eigenvalue weighted by molar-refractivity contribution is 5.80. The number of ether oxygens (including phenoxy) is 16. The number of aliphatic hydroxyl groups is 21. The molecule has 13 aliphatic rings. The third-order valence-corrected chi connectivity index (χ3v) is 27.9. The summed E-state index contributed by atoms with van der Waals surface area (Å²) in [5, 5.41) is 233. The normalized spacial score (nSPS) is 54.8. The van der Waals surface area contributed by atoms with Gasteiger partial charge in [0.15, 0.2) is 50.1 Å². The van der Waals surface area contributed by atoms with Gasteiger partial charge in [0.25, 0.3) is 0 Å². The molecule has 12 fully saturated rings. The minimum Gasteiger partial charge on any atom is -0.432 e. The highest BCUT2D eigenvalue weighted by Gasteiger charge is 2.73. The Labute approximate surface area is 640 Å². The molecule has 8 aliphatic heterocycles. The van der Waals surface area contributed by atoms with E-state index in [0.29, 0.717) is 44.9 Å². The van der Waals surface area contributed by atoms with E-state index in [2.05, 4.69) is 54.5 Å². The second-order valence-corrected chi connectivity index (χ2v) is 35.4. The fraction of sp³-hybridized carbons (Fsp3) is 0.959. The van der Waals surface area contributed by atoms with Gasteiger partial charge in [0.05, 0.1) is 64.6 Å². The quantitative estimate of drug-likeness (QED) is 0.0344. The monoisotopic (exact) mass is 1600 g/mol. The van der Waals surface area contributed by atoms with Gasteiger partial charge in [-0.2, -0.15) is 0 Å². The van der Waals surface area contributed by atoms with Gasteiger partial charge < -0.3 is 183 Å². The maximum atomic E-state index is 16.0. The summed E-state index contributed by atoms with van der Waals surface area (Å²) in [6, 6.07) is 0. The van der Waals surface area contributed by atoms with E-state index in [1.807, 2.05) is 0 Å². The number of rotatable bonds is 18. The van der Waals surface area contributed by atoms with Crippen molar-refractivity contribution in [3.05, 3.63) is 11.6 Å². The molecule has 38 nitrogen and oxygen atoms in total. The Morgan fingerprint density at radius 1 is 0.432 bits per heavy atom. The van der Waals surface area contributed by atoms with Crippen LogP contribution in [0.2, 0.25) is 0 Å². The summed E-state index contributed by atoms with van der Waals surface area (Å²) in [5.74, 6) is -1.68. The first-order valence-electron chi connectivity index (χ1n) is 38.9. The van der Waals surface area contributed by atoms with Crippen molar-refractivity contribution in [2.75, 3.05) is 46.2 Å². The van der Waals surface area contributed by atoms with E-state index in [0.717, 1.165) is 5.57 Å². The topological polar surface area (TPSA) is 590 Å². The SMILES string of the molecule is C[C@@H]1O[C@@H](O[C@H]2[C@H](OC(=O)[C@]34CCC(C)(C)C[C@@H]3C3=CC[C@@H]5[C@@]6(C)CC[C@H](O[C@@H]7O[C@H](CO[C@@H]8OC[C@H](O)[C@H](O)[C@H]8O[C@@H]8OC[C@@H](O)[C@H](O)[C@H]8O)[C@@H](O)[C@H](O)[C@H]7O)C(C)(C)[C@H]6CC[C@@]5(C)[C@]3(C)C[C@H]4O)O[C@H](CO)[C@@H](O)[C@@H]2O)[C@H](O[C@@H]2OC[C@@H](O)[C@H](O)[C@H]2O)[C@H](O)[C@H]1O[C@@H]1OC[C@@H](O)[C@H](O[C@@H]2OC[C@@H](O)[C@H](O)[C@H]2O)[C@H]1O. The molecule has 8 saturated heterocycles. The lowest BCUT2D eigenvalue weighted by Crippen LogP contribution is -2.69. The maximum Gasteiger partial charge on any atom is 0.317 e. The van der Waals surface area contributed by atoms with Gasteiger partial charge in [-0.3, -0.25) is 4.79 Å². The number of esters is 1. The summed E-state index contributed by atoms with van der Waals surface area (Å²) in [7, 11) is 0. The summed E-state index contributed by atoms with van der Waals surface area (Å²) >= 11 is 0. The molecule has 38 heteroatoms. The second kappa shape index (κ2) is 33.1. The molecular formula is C73H118O38. The Balaban J connectivity index is 0.719. The molecule has 5 aliphatic carbocycles. The van der Waals surface area contributed by atoms with Crippen LogP contribution in [-0.2, 0) is 80.6 Å². The summed E-state index contributed by atoms with van der Waals surface area (Å²) < 4.78 is 95.7. The van der Waals surface area contributed by atoms with Crippen molar-refractivity contribution in [2.45, 2.75) is 341 Å². The first kappa shape index (κ1) is 86.6. The molecule has 44 atom stereocenters. The Morgan fingerprint density at radius 3 is 1.50 bits per heavy atom. The molecule has 111 heavy (non-hydrogen) atoms. The van der Waals surface area contributed by atoms with Crippen LogP contribution < -0.4 is 0 Å². The second-order valence-electron chi connectivity index (χ2n) is 35.4. The summed E-state index contributed by atoms with van der Waals surface area (Å²) in [6.07, 6.45) is -56.4. The fourth-order valence-electron chi connectivity index (χ4n) is 21.0. The summed E-state index contributed by atoms with van der Waals surface area (Å²) in [4.78, 5) is 16.0. The molecule has 13 rings (SSSR count). The lowest BCUT2D eigenvalue weighted by atomic mass is 9.33. The summed E-state index contributed by atoms with van der Waals surface area (Å²) in [5.41, 5.74) is -3.45. The van der Waals surface area contributed by atoms with Gasteiger partial charge in [-0.1, -0.05) is 60.1 Å². The van der Waals surface area contributed by atoms with Crippen LogP contribution in [0.4, 0.5) is 0 Å². The lowest BCUT2D eigenvalue weighted by Gasteiger charge is -2.71. The van der Waals surface area contributed by atoms with E-state index in [1.54, 1.807) is 0 Å². The predicted octanol–water partition coefficient (Wildman–Crippen LogP) is -7.54. The van der Waals surface area contributed by atoms with Crippen LogP contribution in [-0.4, -0.2) is 387 Å². The lowest BCUT2D eigenvalue weighted by molar-refractivity contribution is -0.398. The van der Waals surface area contributed by atoms with Crippen molar-refractivity contribution in [1.82, 2.24) is 0 Å². The predicted molar refractivity (Wildman–Crippen MR) is 363 cm³/mol. The van der Waals surface area contributed by atoms with Crippen molar-refractivity contribution in [2.24, 2.45) is 50.2 Å². The largest absolute Gasteiger partial charge is 0.432 e. The Morgan fingerprint density at radius 2 is 0.919 bits per heavy atom. The molecule has 0 unspecified atom stereocenters. The number of fused-ring (bicyclic) bond motifs is 7. The van der Waals surface area contributed by atoms with Gasteiger partial charge in [-0.25, -0.2) is 0 Å². The number of aliphatic hydroxyl groups excluding tert-OH is 21. The zero-order chi connectivity index (χ0) is 80.6. The van der Waals surface area contributed by atoms with E-state index < -0.39 is 318 Å². The van der Waals surface area contributed by atoms with Gasteiger partial charge in [0.2, 0.25) is 6.29 Å². The molecule has 8 heterocycles. The zero-order valence-corrected chi connectivity index (χ0v) is 63.3. The van der Waals surface area contributed by atoms with Crippen molar-refractivity contribution >= 4 is 5.97 Å². The zero-order valence-electron chi connectivity index (χ0n) is 63.3. The molecule has 4 saturated carbocycles. The van der Waals surface area contributed by atoms with Crippen LogP contribution in [0.15, 0.2) is 11.6 Å². The smallest absolute Gasteiger partial charge is 0.317 e. The molecule has 0 aromatic rings. The fourth-order valence-corrected chi connectivity index (χ4v) is 21.0. The minimum atomic E-state index is -2.10. The van der Waals surface area contributed by atoms with Gasteiger partial charge >= 0.3 is 5.97 Å². The van der Waals surface area contributed by atoms with Crippen molar-refractivity contribution in [1.29, 1.82) is 0 Å². The number of hydrogen-bond acceptors (Lipinski definition) is 38. The number of carbonyl (C=O) groups excluding carboxylic acids is 1. The Hall–Kier alpha value is -2.23. The van der Waals surface area contributed by atoms with E-state index >= 15 is 4.79 Å². The van der Waals surface area contributed by atoms with Crippen molar-refractivity contribution in [3.63, 3.8) is 0 Å². The van der Waals surface area contributed by atoms with E-state index in [1.165, 1.54) is 6.92 Å². The van der Waals surface area contributed by atoms with Crippen LogP contribution in [0.1, 0.15) is 113 Å². The molecule has 0 bridgehead atoms. The van der Waals surface area contributed by atoms with Crippen LogP contribution in [0.5, 0.6) is 0 Å². The van der Waals surface area contributed by atoms with E-state index in [4.69, 9.17) is 75.8 Å². The summed E-state index contributed by atoms with van der Waals surface area (Å²) in [6.45, 7) is 12.5. The van der Waals surface area contributed by atoms with Gasteiger partial charge in [-0.05, 0) is 110 Å². The third kappa shape index (κ3) is 15.5. The van der Waals surface area contributed by atoms with E-state index in [-0.39, 0.29) is 24.7 Å².